The predicted octanol–water partition coefficient (Wildman–Crippen LogP) is 2.80. The summed E-state index contributed by atoms with van der Waals surface area (Å²) in [6.07, 6.45) is 1.07. The highest BCUT2D eigenvalue weighted by molar-refractivity contribution is 5.60. The van der Waals surface area contributed by atoms with Crippen molar-refractivity contribution in [3.63, 3.8) is 0 Å². The Balaban J connectivity index is 2.00. The first kappa shape index (κ1) is 19.6. The van der Waals surface area contributed by atoms with Crippen molar-refractivity contribution in [2.45, 2.75) is 40.8 Å². The summed E-state index contributed by atoms with van der Waals surface area (Å²) in [5.74, 6) is 0.746. The van der Waals surface area contributed by atoms with E-state index in [4.69, 9.17) is 4.98 Å². The van der Waals surface area contributed by atoms with E-state index in [9.17, 15) is 4.79 Å². The zero-order valence-corrected chi connectivity index (χ0v) is 17.4. The fourth-order valence-corrected chi connectivity index (χ4v) is 3.43. The number of hydrogen-bond acceptors (Lipinski definition) is 5. The van der Waals surface area contributed by atoms with Gasteiger partial charge in [0.2, 0.25) is 5.95 Å². The summed E-state index contributed by atoms with van der Waals surface area (Å²) in [7, 11) is 4.18. The molecule has 2 heterocycles. The Morgan fingerprint density at radius 2 is 1.81 bits per heavy atom. The largest absolute Gasteiger partial charge is 0.309 e. The van der Waals surface area contributed by atoms with Crippen molar-refractivity contribution in [1.29, 1.82) is 0 Å². The van der Waals surface area contributed by atoms with Crippen LogP contribution < -0.4 is 10.5 Å². The molecule has 3 rings (SSSR count). The van der Waals surface area contributed by atoms with E-state index in [-0.39, 0.29) is 5.56 Å². The molecule has 0 saturated carbocycles. The maximum Gasteiger partial charge on any atom is 0.259 e. The van der Waals surface area contributed by atoms with E-state index < -0.39 is 0 Å². The highest BCUT2D eigenvalue weighted by Crippen LogP contribution is 2.29. The van der Waals surface area contributed by atoms with E-state index in [1.165, 1.54) is 11.1 Å². The molecule has 1 aliphatic rings. The van der Waals surface area contributed by atoms with Gasteiger partial charge in [-0.25, -0.2) is 4.98 Å². The quantitative estimate of drug-likeness (QED) is 0.811. The van der Waals surface area contributed by atoms with Crippen LogP contribution in [0.25, 0.3) is 0 Å². The van der Waals surface area contributed by atoms with Gasteiger partial charge in [0.1, 0.15) is 0 Å². The monoisotopic (exact) mass is 369 g/mol. The number of aryl methyl sites for hydroxylation is 3. The van der Waals surface area contributed by atoms with Crippen LogP contribution in [0.3, 0.4) is 0 Å². The molecule has 1 aromatic heterocycles. The maximum atomic E-state index is 12.9. The molecule has 0 fully saturated rings. The lowest BCUT2D eigenvalue weighted by molar-refractivity contribution is 0.189. The zero-order valence-electron chi connectivity index (χ0n) is 17.4. The molecule has 0 bridgehead atoms. The van der Waals surface area contributed by atoms with Crippen LogP contribution in [-0.2, 0) is 6.67 Å². The standard InChI is InChI=1S/C21H31N5O/c1-15-8-9-19(12-16(15)2)25-13-24(11-7-10-23(5)6)14-26-20(27)17(3)18(4)22-21(25)26/h8-9,12H,7,10-11,13-14H2,1-6H3. The number of benzene rings is 1. The first-order chi connectivity index (χ1) is 12.8. The van der Waals surface area contributed by atoms with Crippen LogP contribution in [0.1, 0.15) is 28.8 Å². The molecule has 0 unspecified atom stereocenters. The van der Waals surface area contributed by atoms with Crippen molar-refractivity contribution in [3.8, 4) is 0 Å². The van der Waals surface area contributed by atoms with E-state index in [1.807, 2.05) is 18.4 Å². The highest BCUT2D eigenvalue weighted by Gasteiger charge is 2.27. The van der Waals surface area contributed by atoms with Gasteiger partial charge in [0.05, 0.1) is 13.3 Å². The van der Waals surface area contributed by atoms with Gasteiger partial charge in [-0.1, -0.05) is 6.07 Å². The molecule has 27 heavy (non-hydrogen) atoms. The van der Waals surface area contributed by atoms with E-state index in [2.05, 4.69) is 60.8 Å². The Labute approximate surface area is 162 Å². The van der Waals surface area contributed by atoms with Gasteiger partial charge in [0.15, 0.2) is 0 Å². The van der Waals surface area contributed by atoms with Crippen molar-refractivity contribution < 1.29 is 0 Å². The first-order valence-corrected chi connectivity index (χ1v) is 9.58. The van der Waals surface area contributed by atoms with Gasteiger partial charge in [0.25, 0.3) is 5.56 Å². The number of anilines is 2. The lowest BCUT2D eigenvalue weighted by atomic mass is 10.1. The molecule has 0 amide bonds. The molecule has 1 aromatic carbocycles. The Hall–Kier alpha value is -2.18. The zero-order chi connectivity index (χ0) is 19.7. The second kappa shape index (κ2) is 7.82. The van der Waals surface area contributed by atoms with E-state index in [1.54, 1.807) is 0 Å². The van der Waals surface area contributed by atoms with Crippen molar-refractivity contribution in [2.75, 3.05) is 38.8 Å². The molecule has 0 saturated heterocycles. The lowest BCUT2D eigenvalue weighted by Gasteiger charge is -2.38. The summed E-state index contributed by atoms with van der Waals surface area (Å²) in [6, 6.07) is 6.45. The third-order valence-corrected chi connectivity index (χ3v) is 5.42. The maximum absolute atomic E-state index is 12.9. The number of fused-ring (bicyclic) bond motifs is 1. The molecular formula is C21H31N5O. The number of nitrogens with zero attached hydrogens (tertiary/aromatic N) is 5. The third kappa shape index (κ3) is 4.06. The Morgan fingerprint density at radius 1 is 1.07 bits per heavy atom. The summed E-state index contributed by atoms with van der Waals surface area (Å²) < 4.78 is 1.82. The minimum atomic E-state index is 0.0589. The highest BCUT2D eigenvalue weighted by atomic mass is 16.1. The molecule has 0 atom stereocenters. The van der Waals surface area contributed by atoms with Gasteiger partial charge in [-0.05, 0) is 78.0 Å². The molecule has 0 radical (unpaired) electrons. The molecule has 146 valence electrons. The molecule has 6 nitrogen and oxygen atoms in total. The average Bonchev–Trinajstić information content (AvgIpc) is 2.62. The molecular weight excluding hydrogens is 338 g/mol. The second-order valence-corrected chi connectivity index (χ2v) is 7.89. The van der Waals surface area contributed by atoms with Gasteiger partial charge in [-0.2, -0.15) is 0 Å². The average molecular weight is 370 g/mol. The Morgan fingerprint density at radius 3 is 2.48 bits per heavy atom. The summed E-state index contributed by atoms with van der Waals surface area (Å²) >= 11 is 0. The van der Waals surface area contributed by atoms with Gasteiger partial charge < -0.3 is 4.90 Å². The molecule has 6 heteroatoms. The number of hydrogen-bond donors (Lipinski definition) is 0. The molecule has 0 N–H and O–H groups in total. The van der Waals surface area contributed by atoms with Crippen LogP contribution >= 0.6 is 0 Å². The van der Waals surface area contributed by atoms with E-state index in [0.29, 0.717) is 6.67 Å². The minimum absolute atomic E-state index is 0.0589. The van der Waals surface area contributed by atoms with Crippen molar-refractivity contribution in [2.24, 2.45) is 0 Å². The summed E-state index contributed by atoms with van der Waals surface area (Å²) in [4.78, 5) is 24.4. The van der Waals surface area contributed by atoms with Crippen LogP contribution in [0.15, 0.2) is 23.0 Å². The van der Waals surface area contributed by atoms with Gasteiger partial charge in [-0.15, -0.1) is 0 Å². The summed E-state index contributed by atoms with van der Waals surface area (Å²) in [5, 5.41) is 0. The smallest absolute Gasteiger partial charge is 0.259 e. The summed E-state index contributed by atoms with van der Waals surface area (Å²) in [6.45, 7) is 11.3. The van der Waals surface area contributed by atoms with Crippen LogP contribution in [0.2, 0.25) is 0 Å². The van der Waals surface area contributed by atoms with E-state index >= 15 is 0 Å². The van der Waals surface area contributed by atoms with Gasteiger partial charge >= 0.3 is 0 Å². The molecule has 0 spiro atoms. The Kier molecular flexibility index (Phi) is 5.67. The number of rotatable bonds is 5. The molecule has 0 aliphatic carbocycles. The fraction of sp³-hybridized carbons (Fsp3) is 0.524. The molecule has 1 aliphatic heterocycles. The number of aromatic nitrogens is 2. The second-order valence-electron chi connectivity index (χ2n) is 7.89. The van der Waals surface area contributed by atoms with Crippen molar-refractivity contribution in [3.05, 3.63) is 50.9 Å². The van der Waals surface area contributed by atoms with Crippen LogP contribution in [0, 0.1) is 27.7 Å². The van der Waals surface area contributed by atoms with Crippen LogP contribution in [-0.4, -0.2) is 53.2 Å². The Bertz CT molecular complexity index is 887. The predicted molar refractivity (Wildman–Crippen MR) is 111 cm³/mol. The van der Waals surface area contributed by atoms with Gasteiger partial charge in [-0.3, -0.25) is 19.2 Å². The van der Waals surface area contributed by atoms with E-state index in [0.717, 1.165) is 49.1 Å². The fourth-order valence-electron chi connectivity index (χ4n) is 3.43. The minimum Gasteiger partial charge on any atom is -0.309 e. The normalized spacial score (nSPS) is 14.7. The molecule has 2 aromatic rings. The van der Waals surface area contributed by atoms with Crippen molar-refractivity contribution in [1.82, 2.24) is 19.4 Å². The topological polar surface area (TPSA) is 44.6 Å². The van der Waals surface area contributed by atoms with Crippen LogP contribution in [0.4, 0.5) is 11.6 Å². The van der Waals surface area contributed by atoms with Crippen molar-refractivity contribution >= 4 is 11.6 Å². The summed E-state index contributed by atoms with van der Waals surface area (Å²) in [5.41, 5.74) is 5.19. The first-order valence-electron chi connectivity index (χ1n) is 9.58. The lowest BCUT2D eigenvalue weighted by Crippen LogP contribution is -2.48. The third-order valence-electron chi connectivity index (χ3n) is 5.42. The van der Waals surface area contributed by atoms with Gasteiger partial charge in [0, 0.05) is 23.5 Å². The SMILES string of the molecule is Cc1ccc(N2CN(CCCN(C)C)Cn3c2nc(C)c(C)c3=O)cc1C. The van der Waals surface area contributed by atoms with Crippen LogP contribution in [0.5, 0.6) is 0 Å².